The Kier molecular flexibility index (Phi) is 6.78. The lowest BCUT2D eigenvalue weighted by atomic mass is 10.2. The Morgan fingerprint density at radius 3 is 2.21 bits per heavy atom. The number of halogens is 3. The van der Waals surface area contributed by atoms with Gasteiger partial charge in [-0.05, 0) is 31.2 Å². The lowest BCUT2D eigenvalue weighted by molar-refractivity contribution is -0.274. The van der Waals surface area contributed by atoms with Crippen molar-refractivity contribution in [1.29, 1.82) is 0 Å². The van der Waals surface area contributed by atoms with Crippen molar-refractivity contribution in [3.05, 3.63) is 42.0 Å². The average molecular weight is 348 g/mol. The van der Waals surface area contributed by atoms with Crippen molar-refractivity contribution in [3.8, 4) is 5.75 Å². The number of ether oxygens (including phenoxy) is 3. The molecule has 1 atom stereocenters. The molecule has 0 fully saturated rings. The zero-order valence-electron chi connectivity index (χ0n) is 12.6. The van der Waals surface area contributed by atoms with Crippen molar-refractivity contribution in [2.45, 2.75) is 19.4 Å². The molecule has 0 amide bonds. The van der Waals surface area contributed by atoms with E-state index in [0.717, 1.165) is 24.3 Å². The first kappa shape index (κ1) is 19.5. The largest absolute Gasteiger partial charge is 0.573 e. The second-order valence-corrected chi connectivity index (χ2v) is 4.70. The normalized spacial score (nSPS) is 12.2. The van der Waals surface area contributed by atoms with E-state index in [4.69, 9.17) is 4.74 Å². The van der Waals surface area contributed by atoms with Gasteiger partial charge in [0.25, 0.3) is 0 Å². The molecule has 0 saturated carbocycles. The van der Waals surface area contributed by atoms with Crippen LogP contribution in [0.2, 0.25) is 0 Å². The summed E-state index contributed by atoms with van der Waals surface area (Å²) in [7, 11) is 0. The van der Waals surface area contributed by atoms with Crippen molar-refractivity contribution < 1.29 is 42.1 Å². The van der Waals surface area contributed by atoms with Crippen LogP contribution in [-0.4, -0.2) is 42.7 Å². The first-order valence-electron chi connectivity index (χ1n) is 6.62. The molecule has 1 N–H and O–H groups in total. The monoisotopic (exact) mass is 348 g/mol. The smallest absolute Gasteiger partial charge is 0.459 e. The van der Waals surface area contributed by atoms with Gasteiger partial charge in [0, 0.05) is 5.57 Å². The minimum absolute atomic E-state index is 0.0318. The number of benzene rings is 1. The van der Waals surface area contributed by atoms with Crippen LogP contribution in [0.3, 0.4) is 0 Å². The minimum Gasteiger partial charge on any atom is -0.459 e. The van der Waals surface area contributed by atoms with Crippen LogP contribution >= 0.6 is 0 Å². The fourth-order valence-corrected chi connectivity index (χ4v) is 1.39. The third-order valence-corrected chi connectivity index (χ3v) is 2.49. The molecule has 1 rings (SSSR count). The average Bonchev–Trinajstić information content (AvgIpc) is 2.49. The van der Waals surface area contributed by atoms with Crippen molar-refractivity contribution in [2.75, 3.05) is 13.2 Å². The topological polar surface area (TPSA) is 82.1 Å². The van der Waals surface area contributed by atoms with E-state index in [9.17, 15) is 27.9 Å². The number of rotatable bonds is 7. The molecule has 1 aromatic carbocycles. The number of carbonyl (C=O) groups is 2. The van der Waals surface area contributed by atoms with E-state index in [1.54, 1.807) is 0 Å². The molecule has 1 unspecified atom stereocenters. The van der Waals surface area contributed by atoms with Gasteiger partial charge in [-0.1, -0.05) is 6.58 Å². The fourth-order valence-electron chi connectivity index (χ4n) is 1.39. The minimum atomic E-state index is -4.83. The summed E-state index contributed by atoms with van der Waals surface area (Å²) in [6, 6.07) is 4.07. The van der Waals surface area contributed by atoms with E-state index in [2.05, 4.69) is 16.1 Å². The summed E-state index contributed by atoms with van der Waals surface area (Å²) in [5.74, 6) is -2.04. The van der Waals surface area contributed by atoms with E-state index < -0.39 is 43.4 Å². The lowest BCUT2D eigenvalue weighted by Gasteiger charge is -2.12. The van der Waals surface area contributed by atoms with Crippen molar-refractivity contribution in [2.24, 2.45) is 0 Å². The summed E-state index contributed by atoms with van der Waals surface area (Å²) in [6.07, 6.45) is -6.07. The first-order chi connectivity index (χ1) is 11.1. The van der Waals surface area contributed by atoms with Crippen LogP contribution in [0.25, 0.3) is 0 Å². The zero-order chi connectivity index (χ0) is 18.3. The highest BCUT2D eigenvalue weighted by Gasteiger charge is 2.31. The van der Waals surface area contributed by atoms with E-state index in [0.29, 0.717) is 0 Å². The Bertz CT molecular complexity index is 594. The van der Waals surface area contributed by atoms with Crippen molar-refractivity contribution in [3.63, 3.8) is 0 Å². The van der Waals surface area contributed by atoms with Crippen LogP contribution in [0.5, 0.6) is 5.75 Å². The molecule has 0 heterocycles. The van der Waals surface area contributed by atoms with Gasteiger partial charge in [-0.3, -0.25) is 0 Å². The molecule has 9 heteroatoms. The Hall–Kier alpha value is -2.55. The van der Waals surface area contributed by atoms with Gasteiger partial charge < -0.3 is 19.3 Å². The maximum absolute atomic E-state index is 12.0. The standard InChI is InChI=1S/C15H15F3O6/c1-9(2)13(20)22-7-11(19)8-23-14(21)10-3-5-12(6-4-10)24-15(16,17)18/h3-6,11,19H,1,7-8H2,2H3. The van der Waals surface area contributed by atoms with Crippen LogP contribution in [0.15, 0.2) is 36.4 Å². The van der Waals surface area contributed by atoms with E-state index in [1.807, 2.05) is 0 Å². The maximum atomic E-state index is 12.0. The molecule has 132 valence electrons. The number of aliphatic hydroxyl groups excluding tert-OH is 1. The van der Waals surface area contributed by atoms with Gasteiger partial charge in [-0.25, -0.2) is 9.59 Å². The number of aliphatic hydroxyl groups is 1. The number of alkyl halides is 3. The van der Waals surface area contributed by atoms with Gasteiger partial charge in [-0.15, -0.1) is 13.2 Å². The molecule has 0 spiro atoms. The van der Waals surface area contributed by atoms with Gasteiger partial charge in [-0.2, -0.15) is 0 Å². The molecule has 0 saturated heterocycles. The lowest BCUT2D eigenvalue weighted by Crippen LogP contribution is -2.25. The Labute approximate surface area is 135 Å². The first-order valence-corrected chi connectivity index (χ1v) is 6.62. The van der Waals surface area contributed by atoms with Gasteiger partial charge in [0.1, 0.15) is 25.1 Å². The third kappa shape index (κ3) is 7.14. The summed E-state index contributed by atoms with van der Waals surface area (Å²) in [5, 5.41) is 9.52. The summed E-state index contributed by atoms with van der Waals surface area (Å²) >= 11 is 0. The SMILES string of the molecule is C=C(C)C(=O)OCC(O)COC(=O)c1ccc(OC(F)(F)F)cc1. The molecule has 24 heavy (non-hydrogen) atoms. The van der Waals surface area contributed by atoms with Crippen LogP contribution in [0.4, 0.5) is 13.2 Å². The van der Waals surface area contributed by atoms with E-state index in [-0.39, 0.29) is 11.1 Å². The summed E-state index contributed by atoms with van der Waals surface area (Å²) < 4.78 is 49.1. The second kappa shape index (κ2) is 8.34. The Morgan fingerprint density at radius 1 is 1.17 bits per heavy atom. The zero-order valence-corrected chi connectivity index (χ0v) is 12.6. The van der Waals surface area contributed by atoms with Crippen LogP contribution in [0.1, 0.15) is 17.3 Å². The molecule has 1 aromatic rings. The highest BCUT2D eigenvalue weighted by molar-refractivity contribution is 5.89. The molecule has 0 aromatic heterocycles. The quantitative estimate of drug-likeness (QED) is 0.601. The number of hydrogen-bond donors (Lipinski definition) is 1. The Balaban J connectivity index is 2.45. The number of carbonyl (C=O) groups excluding carboxylic acids is 2. The fraction of sp³-hybridized carbons (Fsp3) is 0.333. The highest BCUT2D eigenvalue weighted by atomic mass is 19.4. The van der Waals surface area contributed by atoms with Gasteiger partial charge in [0.2, 0.25) is 0 Å². The molecule has 0 aliphatic rings. The van der Waals surface area contributed by atoms with Gasteiger partial charge >= 0.3 is 18.3 Å². The molecule has 0 bridgehead atoms. The van der Waals surface area contributed by atoms with Crippen LogP contribution in [-0.2, 0) is 14.3 Å². The molecule has 6 nitrogen and oxygen atoms in total. The van der Waals surface area contributed by atoms with Gasteiger partial charge in [0.15, 0.2) is 0 Å². The third-order valence-electron chi connectivity index (χ3n) is 2.49. The summed E-state index contributed by atoms with van der Waals surface area (Å²) in [4.78, 5) is 22.8. The van der Waals surface area contributed by atoms with E-state index in [1.165, 1.54) is 6.92 Å². The molecule has 0 aliphatic heterocycles. The van der Waals surface area contributed by atoms with Crippen LogP contribution in [0, 0.1) is 0 Å². The molecule has 0 aliphatic carbocycles. The van der Waals surface area contributed by atoms with Crippen LogP contribution < -0.4 is 4.74 Å². The molecule has 0 radical (unpaired) electrons. The summed E-state index contributed by atoms with van der Waals surface area (Å²) in [5.41, 5.74) is 0.121. The predicted molar refractivity (Wildman–Crippen MR) is 75.2 cm³/mol. The number of hydrogen-bond acceptors (Lipinski definition) is 6. The molecular weight excluding hydrogens is 333 g/mol. The van der Waals surface area contributed by atoms with Gasteiger partial charge in [0.05, 0.1) is 5.56 Å². The van der Waals surface area contributed by atoms with Crippen molar-refractivity contribution >= 4 is 11.9 Å². The second-order valence-electron chi connectivity index (χ2n) is 4.70. The number of esters is 2. The van der Waals surface area contributed by atoms with Crippen molar-refractivity contribution in [1.82, 2.24) is 0 Å². The van der Waals surface area contributed by atoms with E-state index >= 15 is 0 Å². The highest BCUT2D eigenvalue weighted by Crippen LogP contribution is 2.22. The maximum Gasteiger partial charge on any atom is 0.573 e. The summed E-state index contributed by atoms with van der Waals surface area (Å²) in [6.45, 7) is 3.94. The molecular formula is C15H15F3O6. The predicted octanol–water partition coefficient (Wildman–Crippen LogP) is 2.22. The Morgan fingerprint density at radius 2 is 1.71 bits per heavy atom.